The molecule has 0 atom stereocenters. The van der Waals surface area contributed by atoms with Crippen LogP contribution in [0.2, 0.25) is 0 Å². The van der Waals surface area contributed by atoms with Crippen molar-refractivity contribution in [3.63, 3.8) is 0 Å². The van der Waals surface area contributed by atoms with E-state index in [0.29, 0.717) is 17.9 Å². The fraction of sp³-hybridized carbons (Fsp3) is 0.231. The summed E-state index contributed by atoms with van der Waals surface area (Å²) in [6.45, 7) is 4.45. The zero-order valence-electron chi connectivity index (χ0n) is 18.3. The van der Waals surface area contributed by atoms with Crippen LogP contribution in [-0.2, 0) is 6.42 Å². The molecule has 0 fully saturated rings. The van der Waals surface area contributed by atoms with E-state index in [2.05, 4.69) is 22.8 Å². The smallest absolute Gasteiger partial charge is 0.261 e. The summed E-state index contributed by atoms with van der Waals surface area (Å²) in [7, 11) is 0. The van der Waals surface area contributed by atoms with Crippen molar-refractivity contribution in [2.24, 2.45) is 0 Å². The summed E-state index contributed by atoms with van der Waals surface area (Å²) in [6, 6.07) is 24.9. The van der Waals surface area contributed by atoms with E-state index in [1.165, 1.54) is 5.56 Å². The maximum absolute atomic E-state index is 12.7. The second kappa shape index (κ2) is 11.9. The molecule has 0 saturated carbocycles. The average Bonchev–Trinajstić information content (AvgIpc) is 2.77. The third kappa shape index (κ3) is 7.39. The molecule has 1 amide bonds. The number of nitrogens with one attached hydrogen (secondary N) is 2. The number of hydrogen-bond donors (Lipinski definition) is 2. The topological polar surface area (TPSA) is 59.6 Å². The maximum Gasteiger partial charge on any atom is 0.261 e. The molecule has 0 aromatic heterocycles. The summed E-state index contributed by atoms with van der Waals surface area (Å²) in [6.07, 6.45) is 1.86. The molecule has 0 saturated heterocycles. The number of thiocarbonyl (C=S) groups is 1. The minimum atomic E-state index is -0.327. The van der Waals surface area contributed by atoms with E-state index in [0.717, 1.165) is 24.3 Å². The van der Waals surface area contributed by atoms with Crippen molar-refractivity contribution < 1.29 is 14.3 Å². The number of anilines is 1. The van der Waals surface area contributed by atoms with Crippen molar-refractivity contribution in [3.05, 3.63) is 90.0 Å². The molecule has 2 N–H and O–H groups in total. The molecular formula is C26H28N2O3S. The normalized spacial score (nSPS) is 10.5. The molecule has 166 valence electrons. The average molecular weight is 449 g/mol. The van der Waals surface area contributed by atoms with Crippen LogP contribution in [0, 0.1) is 0 Å². The highest BCUT2D eigenvalue weighted by atomic mass is 32.1. The van der Waals surface area contributed by atoms with Crippen molar-refractivity contribution in [3.8, 4) is 11.5 Å². The van der Waals surface area contributed by atoms with Crippen molar-refractivity contribution in [2.75, 3.05) is 11.9 Å². The van der Waals surface area contributed by atoms with E-state index in [9.17, 15) is 4.79 Å². The van der Waals surface area contributed by atoms with Gasteiger partial charge in [-0.3, -0.25) is 10.1 Å². The van der Waals surface area contributed by atoms with Crippen LogP contribution in [0.3, 0.4) is 0 Å². The van der Waals surface area contributed by atoms with Crippen LogP contribution >= 0.6 is 12.2 Å². The van der Waals surface area contributed by atoms with Crippen LogP contribution < -0.4 is 20.1 Å². The molecule has 3 aromatic rings. The highest BCUT2D eigenvalue weighted by Gasteiger charge is 2.14. The molecule has 0 unspecified atom stereocenters. The summed E-state index contributed by atoms with van der Waals surface area (Å²) in [4.78, 5) is 12.7. The summed E-state index contributed by atoms with van der Waals surface area (Å²) >= 11 is 5.32. The Morgan fingerprint density at radius 1 is 0.969 bits per heavy atom. The van der Waals surface area contributed by atoms with Crippen LogP contribution in [0.15, 0.2) is 78.9 Å². The fourth-order valence-corrected chi connectivity index (χ4v) is 3.33. The molecule has 3 rings (SSSR count). The van der Waals surface area contributed by atoms with Crippen molar-refractivity contribution in [2.45, 2.75) is 32.8 Å². The first kappa shape index (κ1) is 23.3. The summed E-state index contributed by atoms with van der Waals surface area (Å²) in [5, 5.41) is 5.95. The monoisotopic (exact) mass is 448 g/mol. The zero-order valence-corrected chi connectivity index (χ0v) is 19.2. The van der Waals surface area contributed by atoms with Gasteiger partial charge in [-0.25, -0.2) is 0 Å². The van der Waals surface area contributed by atoms with Crippen molar-refractivity contribution >= 4 is 28.9 Å². The minimum Gasteiger partial charge on any atom is -0.494 e. The molecule has 3 aromatic carbocycles. The lowest BCUT2D eigenvalue weighted by atomic mass is 10.1. The van der Waals surface area contributed by atoms with E-state index in [1.807, 2.05) is 62.4 Å². The first-order valence-corrected chi connectivity index (χ1v) is 11.1. The van der Waals surface area contributed by atoms with E-state index in [-0.39, 0.29) is 17.1 Å². The number of carbonyl (C=O) groups is 1. The Kier molecular flexibility index (Phi) is 8.63. The van der Waals surface area contributed by atoms with Gasteiger partial charge in [0.25, 0.3) is 5.91 Å². The SMILES string of the molecule is CC(C)Oc1ccccc1C(=O)NC(=S)Nc1cccc(OCCCc2ccccc2)c1. The summed E-state index contributed by atoms with van der Waals surface area (Å²) in [5.74, 6) is 0.939. The molecule has 0 bridgehead atoms. The Morgan fingerprint density at radius 3 is 2.50 bits per heavy atom. The first-order valence-electron chi connectivity index (χ1n) is 10.7. The van der Waals surface area contributed by atoms with Crippen LogP contribution in [0.4, 0.5) is 5.69 Å². The van der Waals surface area contributed by atoms with Gasteiger partial charge in [0.15, 0.2) is 5.11 Å². The van der Waals surface area contributed by atoms with Crippen LogP contribution in [0.1, 0.15) is 36.2 Å². The molecule has 0 aliphatic rings. The lowest BCUT2D eigenvalue weighted by molar-refractivity contribution is 0.0972. The Morgan fingerprint density at radius 2 is 1.72 bits per heavy atom. The van der Waals surface area contributed by atoms with Gasteiger partial charge in [-0.1, -0.05) is 48.5 Å². The van der Waals surface area contributed by atoms with Gasteiger partial charge in [0.2, 0.25) is 0 Å². The zero-order chi connectivity index (χ0) is 22.8. The Labute approximate surface area is 194 Å². The lowest BCUT2D eigenvalue weighted by Crippen LogP contribution is -2.34. The van der Waals surface area contributed by atoms with Gasteiger partial charge in [-0.05, 0) is 68.7 Å². The molecular weight excluding hydrogens is 420 g/mol. The fourth-order valence-electron chi connectivity index (χ4n) is 3.12. The molecule has 32 heavy (non-hydrogen) atoms. The van der Waals surface area contributed by atoms with E-state index in [4.69, 9.17) is 21.7 Å². The van der Waals surface area contributed by atoms with Gasteiger partial charge < -0.3 is 14.8 Å². The standard InChI is InChI=1S/C26H28N2O3S/c1-19(2)31-24-16-7-6-15-23(24)25(29)28-26(32)27-21-13-8-14-22(18-21)30-17-9-12-20-10-4-3-5-11-20/h3-8,10-11,13-16,18-19H,9,12,17H2,1-2H3,(H2,27,28,29,32). The quantitative estimate of drug-likeness (QED) is 0.329. The van der Waals surface area contributed by atoms with Crippen LogP contribution in [-0.4, -0.2) is 23.7 Å². The van der Waals surface area contributed by atoms with Gasteiger partial charge >= 0.3 is 0 Å². The number of hydrogen-bond acceptors (Lipinski definition) is 4. The number of benzene rings is 3. The molecule has 0 heterocycles. The summed E-state index contributed by atoms with van der Waals surface area (Å²) < 4.78 is 11.6. The largest absolute Gasteiger partial charge is 0.494 e. The molecule has 5 nitrogen and oxygen atoms in total. The van der Waals surface area contributed by atoms with Crippen LogP contribution in [0.25, 0.3) is 0 Å². The second-order valence-corrected chi connectivity index (χ2v) is 7.94. The molecule has 0 radical (unpaired) electrons. The maximum atomic E-state index is 12.7. The molecule has 0 spiro atoms. The number of para-hydroxylation sites is 1. The number of carbonyl (C=O) groups excluding carboxylic acids is 1. The highest BCUT2D eigenvalue weighted by molar-refractivity contribution is 7.80. The lowest BCUT2D eigenvalue weighted by Gasteiger charge is -2.15. The van der Waals surface area contributed by atoms with Crippen molar-refractivity contribution in [1.82, 2.24) is 5.32 Å². The van der Waals surface area contributed by atoms with Gasteiger partial charge in [-0.15, -0.1) is 0 Å². The van der Waals surface area contributed by atoms with Crippen LogP contribution in [0.5, 0.6) is 11.5 Å². The number of amides is 1. The van der Waals surface area contributed by atoms with E-state index < -0.39 is 0 Å². The minimum absolute atomic E-state index is 0.0375. The van der Waals surface area contributed by atoms with Gasteiger partial charge in [0.1, 0.15) is 11.5 Å². The summed E-state index contributed by atoms with van der Waals surface area (Å²) in [5.41, 5.74) is 2.47. The van der Waals surface area contributed by atoms with E-state index in [1.54, 1.807) is 18.2 Å². The Balaban J connectivity index is 1.50. The van der Waals surface area contributed by atoms with Crippen molar-refractivity contribution in [1.29, 1.82) is 0 Å². The van der Waals surface area contributed by atoms with Gasteiger partial charge in [0, 0.05) is 11.8 Å². The molecule has 0 aliphatic heterocycles. The predicted molar refractivity (Wildman–Crippen MR) is 133 cm³/mol. The Bertz CT molecular complexity index is 1040. The third-order valence-corrected chi connectivity index (χ3v) is 4.74. The Hall–Kier alpha value is -3.38. The molecule has 0 aliphatic carbocycles. The first-order chi connectivity index (χ1) is 15.5. The number of aryl methyl sites for hydroxylation is 1. The van der Waals surface area contributed by atoms with E-state index >= 15 is 0 Å². The second-order valence-electron chi connectivity index (χ2n) is 7.54. The third-order valence-electron chi connectivity index (χ3n) is 4.53. The number of rotatable bonds is 9. The highest BCUT2D eigenvalue weighted by Crippen LogP contribution is 2.20. The number of ether oxygens (including phenoxy) is 2. The van der Waals surface area contributed by atoms with Gasteiger partial charge in [0.05, 0.1) is 18.3 Å². The van der Waals surface area contributed by atoms with Gasteiger partial charge in [-0.2, -0.15) is 0 Å². The molecule has 6 heteroatoms. The predicted octanol–water partition coefficient (Wildman–Crippen LogP) is 5.61.